The van der Waals surface area contributed by atoms with Gasteiger partial charge >= 0.3 is 6.09 Å². The molecule has 1 heterocycles. The van der Waals surface area contributed by atoms with Crippen LogP contribution in [0.2, 0.25) is 0 Å². The average Bonchev–Trinajstić information content (AvgIpc) is 3.05. The predicted molar refractivity (Wildman–Crippen MR) is 165 cm³/mol. The van der Waals surface area contributed by atoms with Gasteiger partial charge in [-0.25, -0.2) is 9.18 Å². The summed E-state index contributed by atoms with van der Waals surface area (Å²) in [5, 5.41) is 12.5. The Bertz CT molecular complexity index is 1310. The second kappa shape index (κ2) is 17.4. The summed E-state index contributed by atoms with van der Waals surface area (Å²) in [6.45, 7) is 3.98. The molecule has 0 aromatic heterocycles. The minimum Gasteiger partial charge on any atom is -0.496 e. The number of ether oxygens (including phenoxy) is 5. The number of piperidine rings is 1. The average molecular weight is 611 g/mol. The molecule has 2 unspecified atom stereocenters. The molecule has 0 aliphatic carbocycles. The van der Waals surface area contributed by atoms with Crippen LogP contribution in [0.25, 0.3) is 0 Å². The van der Waals surface area contributed by atoms with Crippen LogP contribution in [-0.2, 0) is 22.5 Å². The normalized spacial score (nSPS) is 16.3. The molecule has 10 heteroatoms. The topological polar surface area (TPSA) is 98.7 Å². The van der Waals surface area contributed by atoms with Gasteiger partial charge in [-0.3, -0.25) is 0 Å². The smallest absolute Gasteiger partial charge is 0.407 e. The standard InChI is InChI=1S/C34H43FN2O7/c1-37(34(38)39)18-16-26-8-5-9-30(35)33(26)44-22-21-43-32-23-36-17-15-29(32)25-11-13-28(14-12-25)42-20-6-19-41-24-27-7-3-4-10-31(27)40-2/h3-5,7-14,29,32,36H,6,15-24H2,1-2H3,(H,38,39). The fourth-order valence-electron chi connectivity index (χ4n) is 5.19. The van der Waals surface area contributed by atoms with Crippen molar-refractivity contribution in [3.05, 3.63) is 89.2 Å². The van der Waals surface area contributed by atoms with Gasteiger partial charge < -0.3 is 39.0 Å². The maximum Gasteiger partial charge on any atom is 0.407 e. The van der Waals surface area contributed by atoms with Gasteiger partial charge in [0.05, 0.1) is 39.6 Å². The Morgan fingerprint density at radius 1 is 0.977 bits per heavy atom. The van der Waals surface area contributed by atoms with Gasteiger partial charge in [0.2, 0.25) is 0 Å². The minimum atomic E-state index is -1.03. The Hall–Kier alpha value is -3.86. The van der Waals surface area contributed by atoms with Gasteiger partial charge in [-0.1, -0.05) is 42.5 Å². The van der Waals surface area contributed by atoms with Crippen molar-refractivity contribution in [3.8, 4) is 17.2 Å². The third-order valence-corrected chi connectivity index (χ3v) is 7.64. The van der Waals surface area contributed by atoms with E-state index in [1.165, 1.54) is 18.7 Å². The molecule has 4 rings (SSSR count). The zero-order valence-electron chi connectivity index (χ0n) is 25.5. The molecule has 3 aromatic carbocycles. The van der Waals surface area contributed by atoms with Gasteiger partial charge in [0.25, 0.3) is 0 Å². The van der Waals surface area contributed by atoms with Crippen LogP contribution in [0.1, 0.15) is 35.4 Å². The summed E-state index contributed by atoms with van der Waals surface area (Å²) >= 11 is 0. The molecule has 0 bridgehead atoms. The Morgan fingerprint density at radius 2 is 1.77 bits per heavy atom. The highest BCUT2D eigenvalue weighted by Crippen LogP contribution is 2.29. The third-order valence-electron chi connectivity index (χ3n) is 7.64. The molecule has 44 heavy (non-hydrogen) atoms. The lowest BCUT2D eigenvalue weighted by atomic mass is 9.88. The van der Waals surface area contributed by atoms with Crippen molar-refractivity contribution in [1.29, 1.82) is 0 Å². The second-order valence-electron chi connectivity index (χ2n) is 10.7. The zero-order chi connectivity index (χ0) is 31.1. The van der Waals surface area contributed by atoms with E-state index in [2.05, 4.69) is 17.4 Å². The number of hydrogen-bond donors (Lipinski definition) is 2. The lowest BCUT2D eigenvalue weighted by Gasteiger charge is -2.32. The van der Waals surface area contributed by atoms with Crippen molar-refractivity contribution in [2.75, 3.05) is 60.2 Å². The Balaban J connectivity index is 1.19. The first-order valence-electron chi connectivity index (χ1n) is 15.0. The van der Waals surface area contributed by atoms with Crippen molar-refractivity contribution in [3.63, 3.8) is 0 Å². The van der Waals surface area contributed by atoms with Crippen LogP contribution in [0, 0.1) is 5.82 Å². The van der Waals surface area contributed by atoms with E-state index in [-0.39, 0.29) is 30.9 Å². The number of likely N-dealkylation sites (N-methyl/N-ethyl adjacent to an activating group) is 1. The number of methoxy groups -OCH3 is 1. The van der Waals surface area contributed by atoms with E-state index in [1.807, 2.05) is 36.4 Å². The van der Waals surface area contributed by atoms with Crippen LogP contribution in [0.3, 0.4) is 0 Å². The highest BCUT2D eigenvalue weighted by atomic mass is 19.1. The first-order valence-corrected chi connectivity index (χ1v) is 15.0. The quantitative estimate of drug-likeness (QED) is 0.193. The monoisotopic (exact) mass is 610 g/mol. The van der Waals surface area contributed by atoms with Crippen LogP contribution in [-0.4, -0.2) is 82.4 Å². The van der Waals surface area contributed by atoms with E-state index in [0.29, 0.717) is 45.0 Å². The fraction of sp³-hybridized carbons (Fsp3) is 0.441. The molecule has 0 saturated carbocycles. The van der Waals surface area contributed by atoms with Crippen molar-refractivity contribution in [2.45, 2.75) is 37.9 Å². The Morgan fingerprint density at radius 3 is 2.57 bits per heavy atom. The lowest BCUT2D eigenvalue weighted by Crippen LogP contribution is -2.41. The third kappa shape index (κ3) is 9.83. The molecule has 1 aliphatic heterocycles. The van der Waals surface area contributed by atoms with E-state index >= 15 is 0 Å². The van der Waals surface area contributed by atoms with E-state index in [0.717, 1.165) is 41.3 Å². The Kier molecular flexibility index (Phi) is 13.1. The molecule has 9 nitrogen and oxygen atoms in total. The maximum absolute atomic E-state index is 14.5. The van der Waals surface area contributed by atoms with Gasteiger partial charge in [-0.2, -0.15) is 0 Å². The number of para-hydroxylation sites is 2. The highest BCUT2D eigenvalue weighted by Gasteiger charge is 2.27. The SMILES string of the molecule is COc1ccccc1COCCCOc1ccc(C2CCNCC2OCCOc2c(F)cccc2CCN(C)C(=O)O)cc1. The maximum atomic E-state index is 14.5. The summed E-state index contributed by atoms with van der Waals surface area (Å²) in [5.74, 6) is 1.53. The molecular formula is C34H43FN2O7. The summed E-state index contributed by atoms with van der Waals surface area (Å²) in [5.41, 5.74) is 2.83. The predicted octanol–water partition coefficient (Wildman–Crippen LogP) is 5.51. The number of carbonyl (C=O) groups is 1. The number of amides is 1. The van der Waals surface area contributed by atoms with E-state index in [4.69, 9.17) is 28.8 Å². The molecule has 1 aliphatic rings. The summed E-state index contributed by atoms with van der Waals surface area (Å²) in [6, 6.07) is 20.7. The molecule has 1 saturated heterocycles. The molecule has 2 atom stereocenters. The Labute approximate surface area is 258 Å². The summed E-state index contributed by atoms with van der Waals surface area (Å²) in [6.07, 6.45) is 0.977. The van der Waals surface area contributed by atoms with Gasteiger partial charge in [0, 0.05) is 38.0 Å². The van der Waals surface area contributed by atoms with Gasteiger partial charge in [0.15, 0.2) is 11.6 Å². The van der Waals surface area contributed by atoms with Crippen LogP contribution in [0.5, 0.6) is 17.2 Å². The first kappa shape index (κ1) is 33.0. The highest BCUT2D eigenvalue weighted by molar-refractivity contribution is 5.64. The molecular weight excluding hydrogens is 567 g/mol. The lowest BCUT2D eigenvalue weighted by molar-refractivity contribution is 0.00674. The molecule has 0 radical (unpaired) electrons. The van der Waals surface area contributed by atoms with Gasteiger partial charge in [-0.15, -0.1) is 0 Å². The van der Waals surface area contributed by atoms with Gasteiger partial charge in [-0.05, 0) is 54.8 Å². The van der Waals surface area contributed by atoms with Crippen molar-refractivity contribution >= 4 is 6.09 Å². The van der Waals surface area contributed by atoms with Crippen molar-refractivity contribution in [1.82, 2.24) is 10.2 Å². The number of nitrogens with zero attached hydrogens (tertiary/aromatic N) is 1. The zero-order valence-corrected chi connectivity index (χ0v) is 25.5. The number of halogens is 1. The number of benzene rings is 3. The van der Waals surface area contributed by atoms with Crippen LogP contribution < -0.4 is 19.5 Å². The van der Waals surface area contributed by atoms with Crippen LogP contribution >= 0.6 is 0 Å². The van der Waals surface area contributed by atoms with Crippen molar-refractivity contribution < 1.29 is 38.0 Å². The molecule has 1 fully saturated rings. The van der Waals surface area contributed by atoms with E-state index in [9.17, 15) is 9.18 Å². The number of nitrogens with one attached hydrogen (secondary N) is 1. The molecule has 3 aromatic rings. The van der Waals surface area contributed by atoms with Gasteiger partial charge in [0.1, 0.15) is 18.1 Å². The van der Waals surface area contributed by atoms with E-state index in [1.54, 1.807) is 19.2 Å². The summed E-state index contributed by atoms with van der Waals surface area (Å²) in [7, 11) is 3.14. The minimum absolute atomic E-state index is 0.0520. The van der Waals surface area contributed by atoms with Crippen LogP contribution in [0.15, 0.2) is 66.7 Å². The second-order valence-corrected chi connectivity index (χ2v) is 10.7. The number of rotatable bonds is 17. The molecule has 2 N–H and O–H groups in total. The van der Waals surface area contributed by atoms with Crippen LogP contribution in [0.4, 0.5) is 9.18 Å². The fourth-order valence-corrected chi connectivity index (χ4v) is 5.19. The van der Waals surface area contributed by atoms with Crippen molar-refractivity contribution in [2.24, 2.45) is 0 Å². The number of carboxylic acid groups (broad SMARTS) is 1. The van der Waals surface area contributed by atoms with E-state index < -0.39 is 11.9 Å². The molecule has 238 valence electrons. The summed E-state index contributed by atoms with van der Waals surface area (Å²) < 4.78 is 43.6. The summed E-state index contributed by atoms with van der Waals surface area (Å²) in [4.78, 5) is 12.3. The largest absolute Gasteiger partial charge is 0.496 e. The first-order chi connectivity index (χ1) is 21.5. The molecule has 1 amide bonds. The molecule has 0 spiro atoms. The number of hydrogen-bond acceptors (Lipinski definition) is 7.